The predicted octanol–water partition coefficient (Wildman–Crippen LogP) is 14.9. The molecule has 3 heterocycles. The standard InChI is InChI=1S/C53H38N2S2/c1-4-16-35(17-5-1)53(36-18-6-2-7-19-36)45-25-13-10-22-41(45)42-33-32-40(34-46(42)53)54(37-20-8-3-9-21-37)38-28-30-39(31-29-38)55-49-43-23-11-14-26-47(43)56-51(49)52-50(55)44-24-12-15-27-48(44)57-52/h1-18,20-34,36,49,51H,19H2. The number of nitrogens with zero attached hydrogens (tertiary/aromatic N) is 2. The first-order chi connectivity index (χ1) is 28.3. The van der Waals surface area contributed by atoms with Gasteiger partial charge in [0.25, 0.3) is 0 Å². The molecule has 0 spiro atoms. The van der Waals surface area contributed by atoms with E-state index < -0.39 is 0 Å². The number of anilines is 5. The molecular weight excluding hydrogens is 729 g/mol. The molecule has 1 aromatic heterocycles. The Hall–Kier alpha value is -6.07. The van der Waals surface area contributed by atoms with Crippen LogP contribution in [0.3, 0.4) is 0 Å². The molecule has 0 saturated carbocycles. The lowest BCUT2D eigenvalue weighted by atomic mass is 9.62. The zero-order chi connectivity index (χ0) is 37.5. The maximum atomic E-state index is 2.64. The van der Waals surface area contributed by atoms with E-state index in [0.29, 0.717) is 5.25 Å². The fourth-order valence-corrected chi connectivity index (χ4v) is 13.2. The van der Waals surface area contributed by atoms with Gasteiger partial charge in [-0.05, 0) is 106 Å². The number of thioether (sulfide) groups is 1. The smallest absolute Gasteiger partial charge is 0.0774 e. The normalized spacial score (nSPS) is 20.9. The summed E-state index contributed by atoms with van der Waals surface area (Å²) < 4.78 is 1.36. The lowest BCUT2D eigenvalue weighted by molar-refractivity contribution is 0.457. The van der Waals surface area contributed by atoms with Gasteiger partial charge in [-0.25, -0.2) is 0 Å². The second kappa shape index (κ2) is 13.0. The van der Waals surface area contributed by atoms with Gasteiger partial charge in [0.2, 0.25) is 0 Å². The number of hydrogen-bond acceptors (Lipinski definition) is 4. The minimum absolute atomic E-state index is 0.265. The van der Waals surface area contributed by atoms with Crippen LogP contribution in [0.15, 0.2) is 205 Å². The number of allylic oxidation sites excluding steroid dienone is 4. The van der Waals surface area contributed by atoms with Crippen LogP contribution in [0.4, 0.5) is 28.4 Å². The summed E-state index contributed by atoms with van der Waals surface area (Å²) in [5.74, 6) is 0.272. The van der Waals surface area contributed by atoms with Crippen molar-refractivity contribution in [3.05, 3.63) is 227 Å². The van der Waals surface area contributed by atoms with E-state index in [4.69, 9.17) is 0 Å². The van der Waals surface area contributed by atoms with Crippen LogP contribution in [0.25, 0.3) is 21.2 Å². The first-order valence-corrected chi connectivity index (χ1v) is 21.6. The molecule has 0 N–H and O–H groups in total. The van der Waals surface area contributed by atoms with Crippen LogP contribution >= 0.6 is 23.1 Å². The number of benzene rings is 7. The third-order valence-electron chi connectivity index (χ3n) is 12.6. The molecule has 0 fully saturated rings. The van der Waals surface area contributed by atoms with Crippen molar-refractivity contribution in [2.24, 2.45) is 5.92 Å². The van der Waals surface area contributed by atoms with Crippen LogP contribution < -0.4 is 9.80 Å². The van der Waals surface area contributed by atoms with Crippen molar-refractivity contribution < 1.29 is 0 Å². The van der Waals surface area contributed by atoms with E-state index in [1.807, 2.05) is 23.1 Å². The van der Waals surface area contributed by atoms with Crippen LogP contribution in [0.5, 0.6) is 0 Å². The van der Waals surface area contributed by atoms with Crippen molar-refractivity contribution in [1.82, 2.24) is 0 Å². The highest BCUT2D eigenvalue weighted by Crippen LogP contribution is 2.67. The average Bonchev–Trinajstić information content (AvgIpc) is 4.01. The van der Waals surface area contributed by atoms with E-state index in [1.165, 1.54) is 64.6 Å². The fourth-order valence-electron chi connectivity index (χ4n) is 10.3. The van der Waals surface area contributed by atoms with Crippen LogP contribution in [-0.2, 0) is 5.41 Å². The summed E-state index contributed by atoms with van der Waals surface area (Å²) in [6.45, 7) is 0. The summed E-state index contributed by atoms with van der Waals surface area (Å²) in [4.78, 5) is 7.97. The number of fused-ring (bicyclic) bond motifs is 10. The number of rotatable bonds is 6. The maximum absolute atomic E-state index is 2.64. The van der Waals surface area contributed by atoms with Gasteiger partial charge < -0.3 is 9.80 Å². The van der Waals surface area contributed by atoms with Gasteiger partial charge in [0.1, 0.15) is 0 Å². The van der Waals surface area contributed by atoms with E-state index in [0.717, 1.165) is 23.5 Å². The minimum Gasteiger partial charge on any atom is -0.331 e. The molecule has 12 rings (SSSR count). The first kappa shape index (κ1) is 33.1. The first-order valence-electron chi connectivity index (χ1n) is 19.9. The van der Waals surface area contributed by atoms with Crippen LogP contribution in [0, 0.1) is 5.92 Å². The quantitative estimate of drug-likeness (QED) is 0.166. The average molecular weight is 767 g/mol. The Morgan fingerprint density at radius 3 is 2.14 bits per heavy atom. The highest BCUT2D eigenvalue weighted by atomic mass is 32.2. The summed E-state index contributed by atoms with van der Waals surface area (Å²) in [6.07, 6.45) is 10.2. The van der Waals surface area contributed by atoms with Crippen molar-refractivity contribution in [2.75, 3.05) is 9.80 Å². The number of thiophene rings is 1. The SMILES string of the molecule is C1=CCC(C2(c3ccccc3)c3ccccc3-c3ccc(N(c4ccccc4)c4ccc(N5c6c(sc7ccccc67)C6Sc7ccccc7C65)cc4)cc32)C=C1. The van der Waals surface area contributed by atoms with Gasteiger partial charge in [0, 0.05) is 42.6 Å². The minimum atomic E-state index is -0.334. The molecule has 2 aliphatic carbocycles. The predicted molar refractivity (Wildman–Crippen MR) is 241 cm³/mol. The van der Waals surface area contributed by atoms with Crippen LogP contribution in [0.1, 0.15) is 44.8 Å². The van der Waals surface area contributed by atoms with Crippen molar-refractivity contribution in [3.8, 4) is 11.1 Å². The lowest BCUT2D eigenvalue weighted by Crippen LogP contribution is -2.35. The Kier molecular flexibility index (Phi) is 7.54. The van der Waals surface area contributed by atoms with Gasteiger partial charge in [-0.3, -0.25) is 0 Å². The second-order valence-electron chi connectivity index (χ2n) is 15.5. The molecule has 0 radical (unpaired) electrons. The number of para-hydroxylation sites is 1. The molecule has 2 nitrogen and oxygen atoms in total. The molecule has 0 saturated heterocycles. The topological polar surface area (TPSA) is 6.48 Å². The van der Waals surface area contributed by atoms with Crippen molar-refractivity contribution in [2.45, 2.75) is 28.0 Å². The fraction of sp³-hybridized carbons (Fsp3) is 0.0943. The van der Waals surface area contributed by atoms with Gasteiger partial charge in [0.05, 0.1) is 22.4 Å². The van der Waals surface area contributed by atoms with Gasteiger partial charge in [-0.2, -0.15) is 0 Å². The molecule has 272 valence electrons. The molecule has 57 heavy (non-hydrogen) atoms. The van der Waals surface area contributed by atoms with Gasteiger partial charge in [-0.15, -0.1) is 23.1 Å². The Morgan fingerprint density at radius 2 is 1.30 bits per heavy atom. The third kappa shape index (κ3) is 4.84. The monoisotopic (exact) mass is 766 g/mol. The summed E-state index contributed by atoms with van der Waals surface area (Å²) in [7, 11) is 0. The van der Waals surface area contributed by atoms with Crippen molar-refractivity contribution >= 4 is 61.6 Å². The van der Waals surface area contributed by atoms with E-state index in [2.05, 4.69) is 210 Å². The zero-order valence-electron chi connectivity index (χ0n) is 31.2. The van der Waals surface area contributed by atoms with Gasteiger partial charge in [-0.1, -0.05) is 140 Å². The Labute approximate surface area is 342 Å². The van der Waals surface area contributed by atoms with E-state index in [1.54, 1.807) is 0 Å². The van der Waals surface area contributed by atoms with Crippen molar-refractivity contribution in [1.29, 1.82) is 0 Å². The third-order valence-corrected chi connectivity index (χ3v) is 15.4. The highest BCUT2D eigenvalue weighted by Gasteiger charge is 2.50. The number of hydrogen-bond donors (Lipinski definition) is 0. The second-order valence-corrected chi connectivity index (χ2v) is 17.8. The lowest BCUT2D eigenvalue weighted by Gasteiger charge is -2.40. The molecule has 2 aliphatic heterocycles. The molecule has 0 bridgehead atoms. The molecule has 4 atom stereocenters. The van der Waals surface area contributed by atoms with Crippen LogP contribution in [0.2, 0.25) is 0 Å². The summed E-state index contributed by atoms with van der Waals surface area (Å²) >= 11 is 4.00. The van der Waals surface area contributed by atoms with E-state index in [-0.39, 0.29) is 17.4 Å². The van der Waals surface area contributed by atoms with Gasteiger partial charge in [0.15, 0.2) is 0 Å². The maximum Gasteiger partial charge on any atom is 0.0774 e. The van der Waals surface area contributed by atoms with E-state index >= 15 is 0 Å². The molecule has 4 aliphatic rings. The summed E-state index contributed by atoms with van der Waals surface area (Å²) in [5.41, 5.74) is 13.9. The van der Waals surface area contributed by atoms with Crippen molar-refractivity contribution in [3.63, 3.8) is 0 Å². The Morgan fingerprint density at radius 1 is 0.596 bits per heavy atom. The Balaban J connectivity index is 1.02. The van der Waals surface area contributed by atoms with E-state index in [9.17, 15) is 0 Å². The zero-order valence-corrected chi connectivity index (χ0v) is 32.8. The summed E-state index contributed by atoms with van der Waals surface area (Å²) in [5, 5.41) is 1.73. The largest absolute Gasteiger partial charge is 0.331 e. The highest BCUT2D eigenvalue weighted by molar-refractivity contribution is 8.00. The summed E-state index contributed by atoms with van der Waals surface area (Å²) in [6, 6.07) is 66.0. The van der Waals surface area contributed by atoms with Crippen LogP contribution in [-0.4, -0.2) is 0 Å². The molecular formula is C53H38N2S2. The molecule has 8 aromatic rings. The molecule has 0 amide bonds. The Bertz CT molecular complexity index is 2890. The molecule has 7 aromatic carbocycles. The van der Waals surface area contributed by atoms with Gasteiger partial charge >= 0.3 is 0 Å². The molecule has 4 unspecified atom stereocenters. The molecule has 4 heteroatoms.